The number of alkyl halides is 1. The highest BCUT2D eigenvalue weighted by Crippen LogP contribution is 2.39. The number of halogens is 1. The fourth-order valence-electron chi connectivity index (χ4n) is 2.03. The molecule has 6 heteroatoms. The molecule has 0 saturated heterocycles. The van der Waals surface area contributed by atoms with Crippen LogP contribution in [0.3, 0.4) is 0 Å². The van der Waals surface area contributed by atoms with Gasteiger partial charge in [-0.2, -0.15) is 11.8 Å². The molecule has 0 aromatic carbocycles. The van der Waals surface area contributed by atoms with Gasteiger partial charge in [0, 0.05) is 23.6 Å². The average Bonchev–Trinajstić information content (AvgIpc) is 2.76. The Morgan fingerprint density at radius 1 is 1.35 bits per heavy atom. The third kappa shape index (κ3) is 4.76. The summed E-state index contributed by atoms with van der Waals surface area (Å²) in [6, 6.07) is -0.416. The van der Waals surface area contributed by atoms with E-state index in [9.17, 15) is 9.59 Å². The van der Waals surface area contributed by atoms with Gasteiger partial charge in [-0.25, -0.2) is 4.79 Å². The fourth-order valence-corrected chi connectivity index (χ4v) is 3.12. The molecule has 0 atom stereocenters. The number of carbonyl (C=O) groups excluding carboxylic acids is 2. The summed E-state index contributed by atoms with van der Waals surface area (Å²) in [5.74, 6) is -0.101. The van der Waals surface area contributed by atoms with Gasteiger partial charge in [0.25, 0.3) is 0 Å². The lowest BCUT2D eigenvalue weighted by molar-refractivity contribution is -0.119. The van der Waals surface area contributed by atoms with Gasteiger partial charge in [0.1, 0.15) is 0 Å². The Bertz CT molecular complexity index is 281. The molecule has 1 aliphatic carbocycles. The van der Waals surface area contributed by atoms with Crippen molar-refractivity contribution in [2.45, 2.75) is 36.9 Å². The Hall–Kier alpha value is -0.420. The minimum atomic E-state index is -0.416. The number of hydrogen-bond donors (Lipinski definition) is 2. The minimum absolute atomic E-state index is 0.160. The molecule has 0 bridgehead atoms. The van der Waals surface area contributed by atoms with Crippen molar-refractivity contribution in [2.75, 3.05) is 18.7 Å². The second kappa shape index (κ2) is 7.11. The molecule has 3 amide bonds. The number of nitrogens with one attached hydrogen (secondary N) is 2. The molecule has 0 radical (unpaired) electrons. The molecule has 1 rings (SSSR count). The summed E-state index contributed by atoms with van der Waals surface area (Å²) in [5, 5.41) is 5.03. The summed E-state index contributed by atoms with van der Waals surface area (Å²) in [4.78, 5) is 22.6. The second-order valence-electron chi connectivity index (χ2n) is 4.26. The van der Waals surface area contributed by atoms with Crippen LogP contribution in [0.5, 0.6) is 0 Å². The van der Waals surface area contributed by atoms with E-state index in [2.05, 4.69) is 16.9 Å². The molecule has 0 unspecified atom stereocenters. The molecule has 0 aromatic rings. The minimum Gasteiger partial charge on any atom is -0.336 e. The molecule has 17 heavy (non-hydrogen) atoms. The molecule has 0 aliphatic heterocycles. The summed E-state index contributed by atoms with van der Waals surface area (Å²) in [7, 11) is 0. The number of imide groups is 1. The van der Waals surface area contributed by atoms with Gasteiger partial charge in [-0.3, -0.25) is 10.1 Å². The van der Waals surface area contributed by atoms with E-state index in [-0.39, 0.29) is 23.0 Å². The predicted octanol–water partition coefficient (Wildman–Crippen LogP) is 2.12. The van der Waals surface area contributed by atoms with Gasteiger partial charge in [-0.15, -0.1) is 11.6 Å². The van der Waals surface area contributed by atoms with Gasteiger partial charge in [0.15, 0.2) is 0 Å². The van der Waals surface area contributed by atoms with Crippen molar-refractivity contribution in [1.82, 2.24) is 10.6 Å². The average molecular weight is 279 g/mol. The van der Waals surface area contributed by atoms with E-state index in [1.807, 2.05) is 0 Å². The maximum Gasteiger partial charge on any atom is 0.321 e. The van der Waals surface area contributed by atoms with E-state index in [1.165, 1.54) is 12.8 Å². The smallest absolute Gasteiger partial charge is 0.321 e. The lowest BCUT2D eigenvalue weighted by Gasteiger charge is -2.26. The van der Waals surface area contributed by atoms with E-state index < -0.39 is 6.03 Å². The summed E-state index contributed by atoms with van der Waals surface area (Å²) in [6.07, 6.45) is 6.94. The molecule has 0 heterocycles. The van der Waals surface area contributed by atoms with Crippen molar-refractivity contribution in [3.05, 3.63) is 0 Å². The van der Waals surface area contributed by atoms with Crippen molar-refractivity contribution < 1.29 is 9.59 Å². The summed E-state index contributed by atoms with van der Waals surface area (Å²) in [5.41, 5.74) is 0. The van der Waals surface area contributed by atoms with Gasteiger partial charge in [-0.05, 0) is 19.1 Å². The van der Waals surface area contributed by atoms with Crippen LogP contribution in [0.15, 0.2) is 0 Å². The van der Waals surface area contributed by atoms with Crippen LogP contribution in [0.2, 0.25) is 0 Å². The molecule has 0 spiro atoms. The standard InChI is InChI=1S/C11H19ClN2O2S/c1-17-11(5-2-3-6-11)8-13-10(16)14-9(15)4-7-12/h2-8H2,1H3,(H2,13,14,15,16). The molecular weight excluding hydrogens is 260 g/mol. The van der Waals surface area contributed by atoms with Crippen molar-refractivity contribution >= 4 is 35.3 Å². The van der Waals surface area contributed by atoms with Crippen molar-refractivity contribution in [1.29, 1.82) is 0 Å². The quantitative estimate of drug-likeness (QED) is 0.758. The van der Waals surface area contributed by atoms with Gasteiger partial charge >= 0.3 is 6.03 Å². The first-order chi connectivity index (χ1) is 8.12. The maximum absolute atomic E-state index is 11.4. The van der Waals surface area contributed by atoms with Crippen LogP contribution >= 0.6 is 23.4 Å². The number of urea groups is 1. The van der Waals surface area contributed by atoms with Gasteiger partial charge in [0.2, 0.25) is 5.91 Å². The lowest BCUT2D eigenvalue weighted by Crippen LogP contribution is -2.45. The number of rotatable bonds is 5. The molecule has 2 N–H and O–H groups in total. The number of thioether (sulfide) groups is 1. The number of hydrogen-bond acceptors (Lipinski definition) is 3. The highest BCUT2D eigenvalue weighted by molar-refractivity contribution is 8.00. The SMILES string of the molecule is CSC1(CNC(=O)NC(=O)CCCl)CCCC1. The summed E-state index contributed by atoms with van der Waals surface area (Å²) >= 11 is 7.21. The van der Waals surface area contributed by atoms with Crippen LogP contribution < -0.4 is 10.6 Å². The van der Waals surface area contributed by atoms with Crippen molar-refractivity contribution in [3.8, 4) is 0 Å². The molecule has 1 saturated carbocycles. The van der Waals surface area contributed by atoms with Gasteiger partial charge < -0.3 is 5.32 Å². The summed E-state index contributed by atoms with van der Waals surface area (Å²) < 4.78 is 0.160. The summed E-state index contributed by atoms with van der Waals surface area (Å²) in [6.45, 7) is 0.619. The first-order valence-corrected chi connectivity index (χ1v) is 7.56. The largest absolute Gasteiger partial charge is 0.336 e. The van der Waals surface area contributed by atoms with Crippen LogP contribution in [-0.2, 0) is 4.79 Å². The van der Waals surface area contributed by atoms with Gasteiger partial charge in [-0.1, -0.05) is 12.8 Å². The van der Waals surface area contributed by atoms with E-state index in [0.717, 1.165) is 12.8 Å². The molecule has 1 aliphatic rings. The second-order valence-corrected chi connectivity index (χ2v) is 5.92. The molecule has 0 aromatic heterocycles. The highest BCUT2D eigenvalue weighted by atomic mass is 35.5. The first-order valence-electron chi connectivity index (χ1n) is 5.81. The Kier molecular flexibility index (Phi) is 6.12. The molecule has 1 fully saturated rings. The Morgan fingerprint density at radius 2 is 2.00 bits per heavy atom. The van der Waals surface area contributed by atoms with Crippen LogP contribution in [0.25, 0.3) is 0 Å². The Morgan fingerprint density at radius 3 is 2.53 bits per heavy atom. The molecular formula is C11H19ClN2O2S. The lowest BCUT2D eigenvalue weighted by atomic mass is 10.1. The van der Waals surface area contributed by atoms with Crippen LogP contribution in [0.1, 0.15) is 32.1 Å². The highest BCUT2D eigenvalue weighted by Gasteiger charge is 2.33. The Labute approximate surface area is 111 Å². The fraction of sp³-hybridized carbons (Fsp3) is 0.818. The topological polar surface area (TPSA) is 58.2 Å². The van der Waals surface area contributed by atoms with Crippen LogP contribution in [0.4, 0.5) is 4.79 Å². The Balaban J connectivity index is 2.29. The van der Waals surface area contributed by atoms with Crippen molar-refractivity contribution in [2.24, 2.45) is 0 Å². The molecule has 98 valence electrons. The van der Waals surface area contributed by atoms with Crippen molar-refractivity contribution in [3.63, 3.8) is 0 Å². The predicted molar refractivity (Wildman–Crippen MR) is 71.6 cm³/mol. The van der Waals surface area contributed by atoms with Gasteiger partial charge in [0.05, 0.1) is 0 Å². The monoisotopic (exact) mass is 278 g/mol. The first kappa shape index (κ1) is 14.6. The van der Waals surface area contributed by atoms with E-state index >= 15 is 0 Å². The third-order valence-electron chi connectivity index (χ3n) is 3.09. The zero-order valence-corrected chi connectivity index (χ0v) is 11.6. The van der Waals surface area contributed by atoms with E-state index in [4.69, 9.17) is 11.6 Å². The molecule has 4 nitrogen and oxygen atoms in total. The zero-order chi connectivity index (χ0) is 12.7. The maximum atomic E-state index is 11.4. The van der Waals surface area contributed by atoms with Crippen LogP contribution in [0, 0.1) is 0 Å². The zero-order valence-electron chi connectivity index (χ0n) is 10.1. The number of carbonyl (C=O) groups is 2. The van der Waals surface area contributed by atoms with E-state index in [0.29, 0.717) is 6.54 Å². The van der Waals surface area contributed by atoms with E-state index in [1.54, 1.807) is 11.8 Å². The number of amides is 3. The van der Waals surface area contributed by atoms with Crippen LogP contribution in [-0.4, -0.2) is 35.4 Å². The third-order valence-corrected chi connectivity index (χ3v) is 4.70. The normalized spacial score (nSPS) is 17.8.